The zero-order valence-electron chi connectivity index (χ0n) is 11.5. The standard InChI is InChI=1S/C14H16N2O3S2/c1-2-19-11-7-9(3-4-10(11)17)8-12-13(18)16(6-5-15)14(20)21-12/h3-4,7-8,17H,2,5-6,15H2,1H3/b12-8+. The number of phenolic OH excluding ortho intramolecular Hbond substituents is 1. The molecule has 0 aromatic heterocycles. The van der Waals surface area contributed by atoms with Gasteiger partial charge >= 0.3 is 0 Å². The van der Waals surface area contributed by atoms with Crippen molar-refractivity contribution in [1.29, 1.82) is 0 Å². The van der Waals surface area contributed by atoms with E-state index in [1.54, 1.807) is 18.2 Å². The monoisotopic (exact) mass is 324 g/mol. The Kier molecular flexibility index (Phi) is 5.22. The third kappa shape index (κ3) is 3.55. The maximum absolute atomic E-state index is 12.2. The number of ether oxygens (including phenoxy) is 1. The molecule has 1 fully saturated rings. The summed E-state index contributed by atoms with van der Waals surface area (Å²) in [5.41, 5.74) is 6.24. The van der Waals surface area contributed by atoms with E-state index in [4.69, 9.17) is 22.7 Å². The van der Waals surface area contributed by atoms with Crippen molar-refractivity contribution >= 4 is 40.3 Å². The molecule has 0 radical (unpaired) electrons. The first-order chi connectivity index (χ1) is 10.1. The van der Waals surface area contributed by atoms with Gasteiger partial charge in [-0.2, -0.15) is 0 Å². The molecule has 0 spiro atoms. The molecule has 2 rings (SSSR count). The van der Waals surface area contributed by atoms with Crippen LogP contribution in [0, 0.1) is 0 Å². The van der Waals surface area contributed by atoms with Gasteiger partial charge in [0.25, 0.3) is 5.91 Å². The normalized spacial score (nSPS) is 16.9. The van der Waals surface area contributed by atoms with Gasteiger partial charge in [-0.3, -0.25) is 9.69 Å². The number of benzene rings is 1. The van der Waals surface area contributed by atoms with E-state index in [1.165, 1.54) is 22.7 Å². The lowest BCUT2D eigenvalue weighted by Gasteiger charge is -2.11. The molecular weight excluding hydrogens is 308 g/mol. The molecule has 1 aliphatic heterocycles. The number of amides is 1. The second-order valence-corrected chi connectivity index (χ2v) is 5.96. The Morgan fingerprint density at radius 3 is 2.95 bits per heavy atom. The maximum Gasteiger partial charge on any atom is 0.266 e. The molecule has 1 heterocycles. The first kappa shape index (κ1) is 15.8. The molecule has 1 amide bonds. The largest absolute Gasteiger partial charge is 0.504 e. The summed E-state index contributed by atoms with van der Waals surface area (Å²) < 4.78 is 5.84. The van der Waals surface area contributed by atoms with Gasteiger partial charge in [0.2, 0.25) is 0 Å². The fourth-order valence-corrected chi connectivity index (χ4v) is 3.17. The Morgan fingerprint density at radius 1 is 1.52 bits per heavy atom. The Morgan fingerprint density at radius 2 is 2.29 bits per heavy atom. The van der Waals surface area contributed by atoms with Gasteiger partial charge in [-0.15, -0.1) is 0 Å². The minimum Gasteiger partial charge on any atom is -0.504 e. The minimum atomic E-state index is -0.138. The second kappa shape index (κ2) is 6.93. The third-order valence-electron chi connectivity index (χ3n) is 2.81. The summed E-state index contributed by atoms with van der Waals surface area (Å²) in [6.07, 6.45) is 1.73. The van der Waals surface area contributed by atoms with E-state index in [1.807, 2.05) is 6.92 Å². The third-order valence-corrected chi connectivity index (χ3v) is 4.19. The smallest absolute Gasteiger partial charge is 0.266 e. The van der Waals surface area contributed by atoms with E-state index in [2.05, 4.69) is 0 Å². The van der Waals surface area contributed by atoms with Crippen LogP contribution in [0.3, 0.4) is 0 Å². The second-order valence-electron chi connectivity index (χ2n) is 4.28. The van der Waals surface area contributed by atoms with Crippen LogP contribution in [-0.4, -0.2) is 39.9 Å². The van der Waals surface area contributed by atoms with Crippen molar-refractivity contribution in [1.82, 2.24) is 4.90 Å². The predicted octanol–water partition coefficient (Wildman–Crippen LogP) is 1.95. The number of thiocarbonyl (C=S) groups is 1. The Bertz CT molecular complexity index is 602. The molecule has 1 aliphatic rings. The van der Waals surface area contributed by atoms with Gasteiger partial charge in [-0.25, -0.2) is 0 Å². The lowest BCUT2D eigenvalue weighted by Crippen LogP contribution is -2.32. The van der Waals surface area contributed by atoms with Crippen LogP contribution in [-0.2, 0) is 4.79 Å². The van der Waals surface area contributed by atoms with Crippen LogP contribution < -0.4 is 10.5 Å². The van der Waals surface area contributed by atoms with E-state index < -0.39 is 0 Å². The summed E-state index contributed by atoms with van der Waals surface area (Å²) in [5, 5.41) is 9.67. The van der Waals surface area contributed by atoms with Crippen molar-refractivity contribution in [3.63, 3.8) is 0 Å². The number of thioether (sulfide) groups is 1. The zero-order valence-corrected chi connectivity index (χ0v) is 13.2. The Hall–Kier alpha value is -1.57. The molecule has 0 aliphatic carbocycles. The summed E-state index contributed by atoms with van der Waals surface area (Å²) in [6.45, 7) is 3.08. The summed E-state index contributed by atoms with van der Waals surface area (Å²) in [5.74, 6) is 0.329. The quantitative estimate of drug-likeness (QED) is 0.637. The molecule has 3 N–H and O–H groups in total. The van der Waals surface area contributed by atoms with Gasteiger partial charge in [0.1, 0.15) is 4.32 Å². The number of rotatable bonds is 5. The van der Waals surface area contributed by atoms with E-state index in [0.29, 0.717) is 34.7 Å². The lowest BCUT2D eigenvalue weighted by atomic mass is 10.2. The summed E-state index contributed by atoms with van der Waals surface area (Å²) in [7, 11) is 0. The highest BCUT2D eigenvalue weighted by atomic mass is 32.2. The van der Waals surface area contributed by atoms with Crippen molar-refractivity contribution < 1.29 is 14.6 Å². The van der Waals surface area contributed by atoms with E-state index in [-0.39, 0.29) is 11.7 Å². The number of carbonyl (C=O) groups excluding carboxylic acids is 1. The van der Waals surface area contributed by atoms with Crippen molar-refractivity contribution in [2.75, 3.05) is 19.7 Å². The number of nitrogens with two attached hydrogens (primary N) is 1. The van der Waals surface area contributed by atoms with Gasteiger partial charge in [-0.05, 0) is 30.7 Å². The molecule has 7 heteroatoms. The van der Waals surface area contributed by atoms with Crippen LogP contribution >= 0.6 is 24.0 Å². The van der Waals surface area contributed by atoms with E-state index in [0.717, 1.165) is 5.56 Å². The average molecular weight is 324 g/mol. The van der Waals surface area contributed by atoms with Crippen molar-refractivity contribution in [2.24, 2.45) is 5.73 Å². The highest BCUT2D eigenvalue weighted by Gasteiger charge is 2.31. The zero-order chi connectivity index (χ0) is 15.4. The van der Waals surface area contributed by atoms with Crippen LogP contribution in [0.15, 0.2) is 23.1 Å². The molecule has 0 saturated carbocycles. The Labute approximate surface area is 132 Å². The Balaban J connectivity index is 2.26. The molecule has 0 atom stereocenters. The van der Waals surface area contributed by atoms with Gasteiger partial charge < -0.3 is 15.6 Å². The molecule has 0 unspecified atom stereocenters. The number of aromatic hydroxyl groups is 1. The summed E-state index contributed by atoms with van der Waals surface area (Å²) in [4.78, 5) is 14.2. The number of phenols is 1. The fourth-order valence-electron chi connectivity index (χ4n) is 1.86. The first-order valence-electron chi connectivity index (χ1n) is 6.48. The highest BCUT2D eigenvalue weighted by Crippen LogP contribution is 2.34. The molecule has 5 nitrogen and oxygen atoms in total. The molecule has 1 aromatic rings. The maximum atomic E-state index is 12.2. The predicted molar refractivity (Wildman–Crippen MR) is 88.2 cm³/mol. The van der Waals surface area contributed by atoms with Gasteiger partial charge in [0.05, 0.1) is 11.5 Å². The number of carbonyl (C=O) groups is 1. The highest BCUT2D eigenvalue weighted by molar-refractivity contribution is 8.26. The van der Waals surface area contributed by atoms with E-state index >= 15 is 0 Å². The van der Waals surface area contributed by atoms with Crippen molar-refractivity contribution in [2.45, 2.75) is 6.92 Å². The fraction of sp³-hybridized carbons (Fsp3) is 0.286. The van der Waals surface area contributed by atoms with Crippen LogP contribution in [0.4, 0.5) is 0 Å². The first-order valence-corrected chi connectivity index (χ1v) is 7.70. The van der Waals surface area contributed by atoms with Crippen LogP contribution in [0.2, 0.25) is 0 Å². The van der Waals surface area contributed by atoms with Gasteiger partial charge in [0, 0.05) is 13.1 Å². The molecule has 112 valence electrons. The molecule has 21 heavy (non-hydrogen) atoms. The van der Waals surface area contributed by atoms with Gasteiger partial charge in [0.15, 0.2) is 11.5 Å². The van der Waals surface area contributed by atoms with Crippen LogP contribution in [0.1, 0.15) is 12.5 Å². The molecular formula is C14H16N2O3S2. The SMILES string of the molecule is CCOc1cc(/C=C2/SC(=S)N(CCN)C2=O)ccc1O. The molecule has 1 aromatic carbocycles. The molecule has 1 saturated heterocycles. The topological polar surface area (TPSA) is 75.8 Å². The number of hydrogen-bond acceptors (Lipinski definition) is 6. The van der Waals surface area contributed by atoms with Crippen LogP contribution in [0.25, 0.3) is 6.08 Å². The summed E-state index contributed by atoms with van der Waals surface area (Å²) >= 11 is 6.42. The number of nitrogens with zero attached hydrogens (tertiary/aromatic N) is 1. The van der Waals surface area contributed by atoms with E-state index in [9.17, 15) is 9.90 Å². The van der Waals surface area contributed by atoms with Crippen molar-refractivity contribution in [3.05, 3.63) is 28.7 Å². The van der Waals surface area contributed by atoms with Gasteiger partial charge in [-0.1, -0.05) is 30.0 Å². The molecule has 0 bridgehead atoms. The van der Waals surface area contributed by atoms with Crippen LogP contribution in [0.5, 0.6) is 11.5 Å². The average Bonchev–Trinajstić information content (AvgIpc) is 2.71. The number of hydrogen-bond donors (Lipinski definition) is 2. The summed E-state index contributed by atoms with van der Waals surface area (Å²) in [6, 6.07) is 4.94. The minimum absolute atomic E-state index is 0.0738. The lowest BCUT2D eigenvalue weighted by molar-refractivity contribution is -0.122. The van der Waals surface area contributed by atoms with Crippen molar-refractivity contribution in [3.8, 4) is 11.5 Å².